The second-order valence-electron chi connectivity index (χ2n) is 6.64. The van der Waals surface area contributed by atoms with Crippen molar-refractivity contribution in [2.45, 2.75) is 49.3 Å². The maximum absolute atomic E-state index is 12.9. The van der Waals surface area contributed by atoms with Crippen molar-refractivity contribution < 1.29 is 18.3 Å². The van der Waals surface area contributed by atoms with Crippen LogP contribution in [0.25, 0.3) is 0 Å². The van der Waals surface area contributed by atoms with E-state index in [1.807, 2.05) is 0 Å². The van der Waals surface area contributed by atoms with Crippen LogP contribution in [-0.2, 0) is 21.4 Å². The van der Waals surface area contributed by atoms with Crippen molar-refractivity contribution in [2.24, 2.45) is 0 Å². The van der Waals surface area contributed by atoms with Crippen LogP contribution in [-0.4, -0.2) is 55.5 Å². The topological polar surface area (TPSA) is 98.7 Å². The molecule has 2 saturated heterocycles. The van der Waals surface area contributed by atoms with Crippen molar-refractivity contribution >= 4 is 15.9 Å². The molecule has 2 atom stereocenters. The molecule has 2 aliphatic rings. The molecule has 2 aliphatic heterocycles. The number of nitrogens with one attached hydrogen (secondary N) is 2. The van der Waals surface area contributed by atoms with Gasteiger partial charge in [0.2, 0.25) is 15.9 Å². The van der Waals surface area contributed by atoms with Crippen LogP contribution in [0, 0.1) is 0 Å². The van der Waals surface area contributed by atoms with E-state index < -0.39 is 22.2 Å². The van der Waals surface area contributed by atoms with E-state index in [2.05, 4.69) is 10.6 Å². The van der Waals surface area contributed by atoms with Gasteiger partial charge in [-0.1, -0.05) is 24.6 Å². The molecule has 1 aromatic carbocycles. The van der Waals surface area contributed by atoms with Crippen LogP contribution in [0.3, 0.4) is 0 Å². The molecule has 2 fully saturated rings. The fraction of sp³-hybridized carbons (Fsp3) is 0.588. The third kappa shape index (κ3) is 4.20. The van der Waals surface area contributed by atoms with Crippen molar-refractivity contribution in [2.75, 3.05) is 19.6 Å². The van der Waals surface area contributed by atoms with Gasteiger partial charge in [0.25, 0.3) is 0 Å². The number of carbonyl (C=O) groups is 1. The number of hydrogen-bond donors (Lipinski definition) is 3. The zero-order valence-electron chi connectivity index (χ0n) is 14.1. The summed E-state index contributed by atoms with van der Waals surface area (Å²) in [6.45, 7) is 1.65. The zero-order chi connectivity index (χ0) is 17.9. The van der Waals surface area contributed by atoms with E-state index in [0.29, 0.717) is 31.6 Å². The fourth-order valence-corrected chi connectivity index (χ4v) is 5.11. The summed E-state index contributed by atoms with van der Waals surface area (Å²) in [5, 5.41) is 15.2. The van der Waals surface area contributed by atoms with Gasteiger partial charge in [0.1, 0.15) is 0 Å². The number of amides is 1. The molecule has 0 spiro atoms. The van der Waals surface area contributed by atoms with Gasteiger partial charge in [0, 0.05) is 26.2 Å². The second kappa shape index (κ2) is 7.82. The number of aliphatic hydroxyl groups excluding tert-OH is 1. The minimum atomic E-state index is -3.54. The first-order valence-electron chi connectivity index (χ1n) is 8.75. The SMILES string of the molecule is O=C(NCc1ccccc1S(=O)(=O)N1CCCCC1)C1CC(O)CN1. The van der Waals surface area contributed by atoms with Gasteiger partial charge in [-0.25, -0.2) is 8.42 Å². The Labute approximate surface area is 148 Å². The predicted octanol–water partition coefficient (Wildman–Crippen LogP) is 0.200. The lowest BCUT2D eigenvalue weighted by Crippen LogP contribution is -2.40. The Hall–Kier alpha value is -1.48. The number of benzene rings is 1. The molecule has 0 radical (unpaired) electrons. The molecule has 25 heavy (non-hydrogen) atoms. The summed E-state index contributed by atoms with van der Waals surface area (Å²) in [6, 6.07) is 6.38. The quantitative estimate of drug-likeness (QED) is 0.691. The number of aliphatic hydroxyl groups is 1. The molecule has 2 heterocycles. The number of sulfonamides is 1. The molecule has 3 rings (SSSR count). The Morgan fingerprint density at radius 2 is 1.96 bits per heavy atom. The van der Waals surface area contributed by atoms with E-state index >= 15 is 0 Å². The van der Waals surface area contributed by atoms with Crippen LogP contribution >= 0.6 is 0 Å². The number of hydrogen-bond acceptors (Lipinski definition) is 5. The van der Waals surface area contributed by atoms with Gasteiger partial charge in [0.15, 0.2) is 0 Å². The van der Waals surface area contributed by atoms with E-state index in [4.69, 9.17) is 0 Å². The van der Waals surface area contributed by atoms with Crippen molar-refractivity contribution in [3.05, 3.63) is 29.8 Å². The number of carbonyl (C=O) groups excluding carboxylic acids is 1. The highest BCUT2D eigenvalue weighted by Crippen LogP contribution is 2.23. The molecule has 1 amide bonds. The number of β-amino-alcohol motifs (C(OH)–C–C–N with tert-alkyl or cyclic N) is 1. The third-order valence-corrected chi connectivity index (χ3v) is 6.78. The summed E-state index contributed by atoms with van der Waals surface area (Å²) in [7, 11) is -3.54. The second-order valence-corrected chi connectivity index (χ2v) is 8.55. The van der Waals surface area contributed by atoms with Crippen LogP contribution in [0.5, 0.6) is 0 Å². The molecule has 1 aromatic rings. The average Bonchev–Trinajstić information content (AvgIpc) is 3.07. The Kier molecular flexibility index (Phi) is 5.73. The van der Waals surface area contributed by atoms with Gasteiger partial charge < -0.3 is 15.7 Å². The highest BCUT2D eigenvalue weighted by Gasteiger charge is 2.30. The summed E-state index contributed by atoms with van der Waals surface area (Å²) < 4.78 is 27.4. The molecular weight excluding hydrogens is 342 g/mol. The van der Waals surface area contributed by atoms with Crippen LogP contribution in [0.15, 0.2) is 29.2 Å². The number of piperidine rings is 1. The van der Waals surface area contributed by atoms with E-state index in [1.165, 1.54) is 4.31 Å². The molecule has 8 heteroatoms. The van der Waals surface area contributed by atoms with E-state index in [-0.39, 0.29) is 17.3 Å². The molecule has 0 aromatic heterocycles. The molecule has 138 valence electrons. The van der Waals surface area contributed by atoms with Gasteiger partial charge in [0.05, 0.1) is 17.0 Å². The summed E-state index contributed by atoms with van der Waals surface area (Å²) >= 11 is 0. The first kappa shape index (κ1) is 18.3. The molecule has 0 aliphatic carbocycles. The molecule has 0 saturated carbocycles. The maximum Gasteiger partial charge on any atom is 0.243 e. The smallest absolute Gasteiger partial charge is 0.243 e. The predicted molar refractivity (Wildman–Crippen MR) is 93.3 cm³/mol. The Balaban J connectivity index is 1.71. The average molecular weight is 367 g/mol. The van der Waals surface area contributed by atoms with Gasteiger partial charge in [-0.3, -0.25) is 4.79 Å². The zero-order valence-corrected chi connectivity index (χ0v) is 15.0. The maximum atomic E-state index is 12.9. The van der Waals surface area contributed by atoms with E-state index in [9.17, 15) is 18.3 Å². The highest BCUT2D eigenvalue weighted by molar-refractivity contribution is 7.89. The highest BCUT2D eigenvalue weighted by atomic mass is 32.2. The summed E-state index contributed by atoms with van der Waals surface area (Å²) in [5.41, 5.74) is 0.583. The summed E-state index contributed by atoms with van der Waals surface area (Å²) in [5.74, 6) is -0.221. The number of rotatable bonds is 5. The van der Waals surface area contributed by atoms with Crippen molar-refractivity contribution in [1.82, 2.24) is 14.9 Å². The van der Waals surface area contributed by atoms with Gasteiger partial charge in [-0.2, -0.15) is 4.31 Å². The Morgan fingerprint density at radius 3 is 2.64 bits per heavy atom. The first-order chi connectivity index (χ1) is 12.0. The van der Waals surface area contributed by atoms with Crippen molar-refractivity contribution in [3.63, 3.8) is 0 Å². The monoisotopic (exact) mass is 367 g/mol. The molecule has 7 nitrogen and oxygen atoms in total. The Bertz CT molecular complexity index is 716. The van der Waals surface area contributed by atoms with Crippen molar-refractivity contribution in [3.8, 4) is 0 Å². The van der Waals surface area contributed by atoms with E-state index in [1.54, 1.807) is 24.3 Å². The Morgan fingerprint density at radius 1 is 1.24 bits per heavy atom. The van der Waals surface area contributed by atoms with Gasteiger partial charge in [-0.05, 0) is 30.9 Å². The molecule has 0 bridgehead atoms. The van der Waals surface area contributed by atoms with Crippen molar-refractivity contribution in [1.29, 1.82) is 0 Å². The van der Waals surface area contributed by atoms with E-state index in [0.717, 1.165) is 19.3 Å². The van der Waals surface area contributed by atoms with Crippen LogP contribution in [0.4, 0.5) is 0 Å². The van der Waals surface area contributed by atoms with Crippen LogP contribution in [0.2, 0.25) is 0 Å². The third-order valence-electron chi connectivity index (χ3n) is 4.78. The lowest BCUT2D eigenvalue weighted by molar-refractivity contribution is -0.123. The van der Waals surface area contributed by atoms with Crippen LogP contribution < -0.4 is 10.6 Å². The normalized spacial score (nSPS) is 25.0. The minimum Gasteiger partial charge on any atom is -0.392 e. The minimum absolute atomic E-state index is 0.149. The summed E-state index contributed by atoms with van der Waals surface area (Å²) in [6.07, 6.45) is 2.69. The molecule has 3 N–H and O–H groups in total. The molecule has 2 unspecified atom stereocenters. The standard InChI is InChI=1S/C17H25N3O4S/c21-14-10-15(18-12-14)17(22)19-11-13-6-2-3-7-16(13)25(23,24)20-8-4-1-5-9-20/h2-3,6-7,14-15,18,21H,1,4-5,8-12H2,(H,19,22). The molecular formula is C17H25N3O4S. The fourth-order valence-electron chi connectivity index (χ4n) is 3.37. The lowest BCUT2D eigenvalue weighted by Gasteiger charge is -2.27. The van der Waals surface area contributed by atoms with Crippen LogP contribution in [0.1, 0.15) is 31.2 Å². The van der Waals surface area contributed by atoms with Gasteiger partial charge in [-0.15, -0.1) is 0 Å². The summed E-state index contributed by atoms with van der Waals surface area (Å²) in [4.78, 5) is 12.4. The van der Waals surface area contributed by atoms with Gasteiger partial charge >= 0.3 is 0 Å². The lowest BCUT2D eigenvalue weighted by atomic mass is 10.2. The number of nitrogens with zero attached hydrogens (tertiary/aromatic N) is 1. The first-order valence-corrected chi connectivity index (χ1v) is 10.2. The largest absolute Gasteiger partial charge is 0.392 e.